The molecule has 0 saturated heterocycles. The smallest absolute Gasteiger partial charge is 0.139 e. The lowest BCUT2D eigenvalue weighted by Crippen LogP contribution is -1.95. The fraction of sp³-hybridized carbons (Fsp3) is 0.133. The zero-order valence-corrected chi connectivity index (χ0v) is 9.84. The lowest BCUT2D eigenvalue weighted by atomic mass is 10.2. The van der Waals surface area contributed by atoms with E-state index in [-0.39, 0.29) is 6.61 Å². The minimum atomic E-state index is -0.158. The molecular weight excluding hydrogens is 226 g/mol. The highest BCUT2D eigenvalue weighted by Crippen LogP contribution is 2.12. The third-order valence-corrected chi connectivity index (χ3v) is 2.27. The summed E-state index contributed by atoms with van der Waals surface area (Å²) in [6.07, 6.45) is 3.28. The molecule has 0 fully saturated rings. The van der Waals surface area contributed by atoms with Gasteiger partial charge in [-0.2, -0.15) is 0 Å². The van der Waals surface area contributed by atoms with E-state index in [1.165, 1.54) is 0 Å². The molecule has 0 saturated carbocycles. The van der Waals surface area contributed by atoms with Gasteiger partial charge in [-0.05, 0) is 11.6 Å². The molecule has 1 heterocycles. The second kappa shape index (κ2) is 6.43. The van der Waals surface area contributed by atoms with Gasteiger partial charge in [-0.3, -0.25) is 4.98 Å². The molecule has 90 valence electrons. The van der Waals surface area contributed by atoms with E-state index in [1.807, 2.05) is 30.3 Å². The highest BCUT2D eigenvalue weighted by Gasteiger charge is 1.97. The molecule has 2 aromatic rings. The minimum absolute atomic E-state index is 0.158. The van der Waals surface area contributed by atoms with Crippen molar-refractivity contribution in [2.24, 2.45) is 0 Å². The van der Waals surface area contributed by atoms with E-state index in [0.717, 1.165) is 11.1 Å². The van der Waals surface area contributed by atoms with Crippen molar-refractivity contribution in [3.63, 3.8) is 0 Å². The second-order valence-corrected chi connectivity index (χ2v) is 3.64. The first-order valence-corrected chi connectivity index (χ1v) is 5.60. The zero-order chi connectivity index (χ0) is 12.6. The molecule has 18 heavy (non-hydrogen) atoms. The van der Waals surface area contributed by atoms with Crippen molar-refractivity contribution in [3.05, 3.63) is 59.9 Å². The number of aliphatic hydroxyl groups is 1. The van der Waals surface area contributed by atoms with Crippen LogP contribution in [-0.2, 0) is 6.61 Å². The van der Waals surface area contributed by atoms with Gasteiger partial charge < -0.3 is 9.84 Å². The molecule has 1 aromatic heterocycles. The molecule has 0 bridgehead atoms. The Balaban J connectivity index is 2.01. The molecule has 0 aliphatic heterocycles. The average molecular weight is 239 g/mol. The van der Waals surface area contributed by atoms with Gasteiger partial charge in [0.25, 0.3) is 0 Å². The Morgan fingerprint density at radius 2 is 2.00 bits per heavy atom. The third-order valence-electron chi connectivity index (χ3n) is 2.27. The summed E-state index contributed by atoms with van der Waals surface area (Å²) in [7, 11) is 0. The van der Waals surface area contributed by atoms with Crippen LogP contribution >= 0.6 is 0 Å². The van der Waals surface area contributed by atoms with Crippen molar-refractivity contribution in [1.29, 1.82) is 0 Å². The first-order valence-electron chi connectivity index (χ1n) is 5.60. The quantitative estimate of drug-likeness (QED) is 0.833. The molecule has 0 aliphatic rings. The Kier molecular flexibility index (Phi) is 4.34. The van der Waals surface area contributed by atoms with E-state index in [2.05, 4.69) is 16.8 Å². The number of hydrogen-bond acceptors (Lipinski definition) is 3. The van der Waals surface area contributed by atoms with Crippen molar-refractivity contribution in [3.8, 4) is 17.6 Å². The minimum Gasteiger partial charge on any atom is -0.487 e. The molecule has 0 amide bonds. The van der Waals surface area contributed by atoms with Crippen LogP contribution in [0.4, 0.5) is 0 Å². The van der Waals surface area contributed by atoms with Crippen molar-refractivity contribution in [1.82, 2.24) is 4.98 Å². The Bertz CT molecular complexity index is 555. The SMILES string of the molecule is OCC#Cc1cncc(OCc2ccccc2)c1. The van der Waals surface area contributed by atoms with E-state index < -0.39 is 0 Å². The van der Waals surface area contributed by atoms with E-state index >= 15 is 0 Å². The molecule has 0 aliphatic carbocycles. The fourth-order valence-corrected chi connectivity index (χ4v) is 1.45. The van der Waals surface area contributed by atoms with Crippen LogP contribution in [0.5, 0.6) is 5.75 Å². The van der Waals surface area contributed by atoms with Crippen LogP contribution in [0.3, 0.4) is 0 Å². The third kappa shape index (κ3) is 3.62. The fourth-order valence-electron chi connectivity index (χ4n) is 1.45. The summed E-state index contributed by atoms with van der Waals surface area (Å²) in [5, 5.41) is 8.62. The number of pyridine rings is 1. The number of nitrogens with zero attached hydrogens (tertiary/aromatic N) is 1. The molecule has 1 N–H and O–H groups in total. The topological polar surface area (TPSA) is 42.4 Å². The lowest BCUT2D eigenvalue weighted by Gasteiger charge is -2.05. The van der Waals surface area contributed by atoms with Gasteiger partial charge in [0.15, 0.2) is 0 Å². The van der Waals surface area contributed by atoms with Gasteiger partial charge in [0.05, 0.1) is 6.20 Å². The summed E-state index contributed by atoms with van der Waals surface area (Å²) in [5.74, 6) is 6.04. The van der Waals surface area contributed by atoms with E-state index in [0.29, 0.717) is 12.4 Å². The maximum atomic E-state index is 8.62. The highest BCUT2D eigenvalue weighted by molar-refractivity contribution is 5.36. The van der Waals surface area contributed by atoms with Gasteiger partial charge in [-0.25, -0.2) is 0 Å². The summed E-state index contributed by atoms with van der Waals surface area (Å²) in [5.41, 5.74) is 1.83. The summed E-state index contributed by atoms with van der Waals surface area (Å²) >= 11 is 0. The zero-order valence-electron chi connectivity index (χ0n) is 9.84. The Hall–Kier alpha value is -2.31. The summed E-state index contributed by atoms with van der Waals surface area (Å²) in [6, 6.07) is 11.7. The summed E-state index contributed by atoms with van der Waals surface area (Å²) in [4.78, 5) is 4.04. The summed E-state index contributed by atoms with van der Waals surface area (Å²) in [6.45, 7) is 0.342. The van der Waals surface area contributed by atoms with Gasteiger partial charge in [-0.1, -0.05) is 42.2 Å². The Morgan fingerprint density at radius 3 is 2.78 bits per heavy atom. The van der Waals surface area contributed by atoms with Crippen molar-refractivity contribution in [2.45, 2.75) is 6.61 Å². The largest absolute Gasteiger partial charge is 0.487 e. The van der Waals surface area contributed by atoms with Gasteiger partial charge in [-0.15, -0.1) is 0 Å². The van der Waals surface area contributed by atoms with Crippen molar-refractivity contribution >= 4 is 0 Å². The number of aromatic nitrogens is 1. The predicted molar refractivity (Wildman–Crippen MR) is 69.0 cm³/mol. The molecule has 0 unspecified atom stereocenters. The van der Waals surface area contributed by atoms with E-state index in [9.17, 15) is 0 Å². The monoisotopic (exact) mass is 239 g/mol. The number of benzene rings is 1. The lowest BCUT2D eigenvalue weighted by molar-refractivity contribution is 0.305. The standard InChI is InChI=1S/C15H13NO2/c17-8-4-7-14-9-15(11-16-10-14)18-12-13-5-2-1-3-6-13/h1-3,5-6,9-11,17H,8,12H2. The second-order valence-electron chi connectivity index (χ2n) is 3.64. The van der Waals surface area contributed by atoms with Crippen LogP contribution in [0.1, 0.15) is 11.1 Å². The molecule has 3 nitrogen and oxygen atoms in total. The molecule has 0 radical (unpaired) electrons. The summed E-state index contributed by atoms with van der Waals surface area (Å²) < 4.78 is 5.62. The van der Waals surface area contributed by atoms with Crippen LogP contribution in [0, 0.1) is 11.8 Å². The average Bonchev–Trinajstić information content (AvgIpc) is 2.44. The van der Waals surface area contributed by atoms with Gasteiger partial charge in [0, 0.05) is 11.8 Å². The first-order chi connectivity index (χ1) is 8.88. The molecule has 0 atom stereocenters. The van der Waals surface area contributed by atoms with E-state index in [4.69, 9.17) is 9.84 Å². The van der Waals surface area contributed by atoms with Crippen molar-refractivity contribution < 1.29 is 9.84 Å². The number of aliphatic hydroxyl groups excluding tert-OH is 1. The van der Waals surface area contributed by atoms with Crippen LogP contribution in [0.15, 0.2) is 48.8 Å². The molecule has 3 heteroatoms. The molecule has 1 aromatic carbocycles. The van der Waals surface area contributed by atoms with Gasteiger partial charge >= 0.3 is 0 Å². The van der Waals surface area contributed by atoms with Gasteiger partial charge in [0.2, 0.25) is 0 Å². The van der Waals surface area contributed by atoms with Crippen LogP contribution in [-0.4, -0.2) is 16.7 Å². The number of ether oxygens (including phenoxy) is 1. The van der Waals surface area contributed by atoms with Crippen LogP contribution < -0.4 is 4.74 Å². The number of hydrogen-bond donors (Lipinski definition) is 1. The maximum Gasteiger partial charge on any atom is 0.139 e. The molecular formula is C15H13NO2. The normalized spacial score (nSPS) is 9.39. The van der Waals surface area contributed by atoms with Gasteiger partial charge in [0.1, 0.15) is 19.0 Å². The first kappa shape index (κ1) is 12.2. The predicted octanol–water partition coefficient (Wildman–Crippen LogP) is 2.00. The Morgan fingerprint density at radius 1 is 1.17 bits per heavy atom. The highest BCUT2D eigenvalue weighted by atomic mass is 16.5. The number of rotatable bonds is 3. The van der Waals surface area contributed by atoms with E-state index in [1.54, 1.807) is 18.5 Å². The van der Waals surface area contributed by atoms with Crippen molar-refractivity contribution in [2.75, 3.05) is 6.61 Å². The molecule has 2 rings (SSSR count). The van der Waals surface area contributed by atoms with Crippen LogP contribution in [0.25, 0.3) is 0 Å². The Labute approximate surface area is 106 Å². The van der Waals surface area contributed by atoms with Crippen LogP contribution in [0.2, 0.25) is 0 Å². The maximum absolute atomic E-state index is 8.62. The molecule has 0 spiro atoms.